The van der Waals surface area contributed by atoms with Crippen LogP contribution in [0.2, 0.25) is 18.1 Å². The second-order valence-corrected chi connectivity index (χ2v) is 11.7. The molecule has 0 atom stereocenters. The smallest absolute Gasteiger partial charge is 0.213 e. The summed E-state index contributed by atoms with van der Waals surface area (Å²) in [5.41, 5.74) is 0. The van der Waals surface area contributed by atoms with E-state index in [4.69, 9.17) is 4.74 Å². The van der Waals surface area contributed by atoms with Gasteiger partial charge in [0.1, 0.15) is 0 Å². The van der Waals surface area contributed by atoms with E-state index in [2.05, 4.69) is 54.8 Å². The van der Waals surface area contributed by atoms with Crippen molar-refractivity contribution in [1.82, 2.24) is 4.98 Å². The summed E-state index contributed by atoms with van der Waals surface area (Å²) in [4.78, 5) is 4.32. The summed E-state index contributed by atoms with van der Waals surface area (Å²) in [7, 11) is 0.0605. The van der Waals surface area contributed by atoms with E-state index in [9.17, 15) is 0 Å². The minimum atomic E-state index is -1.63. The molecule has 0 amide bonds. The van der Waals surface area contributed by atoms with Crippen LogP contribution >= 0.6 is 15.9 Å². The highest BCUT2D eigenvalue weighted by molar-refractivity contribution is 9.10. The lowest BCUT2D eigenvalue weighted by molar-refractivity contribution is 0.400. The van der Waals surface area contributed by atoms with Crippen molar-refractivity contribution in [2.24, 2.45) is 0 Å². The molecule has 0 unspecified atom stereocenters. The van der Waals surface area contributed by atoms with E-state index in [0.29, 0.717) is 0 Å². The molecular formula is C12H20BrNOSi. The van der Waals surface area contributed by atoms with Gasteiger partial charge >= 0.3 is 0 Å². The van der Waals surface area contributed by atoms with Crippen LogP contribution in [0.1, 0.15) is 20.8 Å². The molecule has 0 fully saturated rings. The Labute approximate surface area is 108 Å². The standard InChI is InChI=1S/C12H20BrNOSi/c1-12(2,3)16(5,6)10-9(13)7-8-14-11(10)15-4/h7-8H,1-6H3. The fourth-order valence-corrected chi connectivity index (χ4v) is 5.42. The van der Waals surface area contributed by atoms with E-state index in [-0.39, 0.29) is 5.04 Å². The van der Waals surface area contributed by atoms with Crippen LogP contribution in [-0.4, -0.2) is 20.2 Å². The van der Waals surface area contributed by atoms with E-state index in [0.717, 1.165) is 10.4 Å². The highest BCUT2D eigenvalue weighted by Gasteiger charge is 2.40. The molecule has 2 nitrogen and oxygen atoms in total. The number of aromatic nitrogens is 1. The van der Waals surface area contributed by atoms with Crippen LogP contribution < -0.4 is 9.92 Å². The van der Waals surface area contributed by atoms with Gasteiger partial charge in [-0.2, -0.15) is 0 Å². The summed E-state index contributed by atoms with van der Waals surface area (Å²) in [6.07, 6.45) is 1.78. The van der Waals surface area contributed by atoms with Crippen molar-refractivity contribution in [3.63, 3.8) is 0 Å². The Morgan fingerprint density at radius 2 is 1.88 bits per heavy atom. The van der Waals surface area contributed by atoms with Crippen molar-refractivity contribution in [3.8, 4) is 5.88 Å². The summed E-state index contributed by atoms with van der Waals surface area (Å²) in [6.45, 7) is 11.6. The van der Waals surface area contributed by atoms with Gasteiger partial charge in [-0.05, 0) is 11.1 Å². The normalized spacial score (nSPS) is 12.7. The predicted octanol–water partition coefficient (Wildman–Crippen LogP) is 3.57. The minimum absolute atomic E-state index is 0.270. The van der Waals surface area contributed by atoms with Crippen molar-refractivity contribution < 1.29 is 4.74 Å². The maximum Gasteiger partial charge on any atom is 0.213 e. The van der Waals surface area contributed by atoms with Gasteiger partial charge in [0.2, 0.25) is 5.88 Å². The fraction of sp³-hybridized carbons (Fsp3) is 0.583. The van der Waals surface area contributed by atoms with Gasteiger partial charge < -0.3 is 4.74 Å². The van der Waals surface area contributed by atoms with Crippen molar-refractivity contribution in [3.05, 3.63) is 16.7 Å². The molecule has 0 saturated heterocycles. The number of hydrogen-bond donors (Lipinski definition) is 0. The Morgan fingerprint density at radius 3 is 2.31 bits per heavy atom. The lowest BCUT2D eigenvalue weighted by atomic mass is 10.2. The van der Waals surface area contributed by atoms with Crippen LogP contribution in [0.25, 0.3) is 0 Å². The highest BCUT2D eigenvalue weighted by atomic mass is 79.9. The second kappa shape index (κ2) is 4.49. The predicted molar refractivity (Wildman–Crippen MR) is 75.3 cm³/mol. The van der Waals surface area contributed by atoms with Crippen molar-refractivity contribution in [2.45, 2.75) is 38.9 Å². The monoisotopic (exact) mass is 301 g/mol. The Hall–Kier alpha value is -0.353. The molecule has 0 N–H and O–H groups in total. The molecule has 1 heterocycles. The molecule has 0 radical (unpaired) electrons. The zero-order valence-corrected chi connectivity index (χ0v) is 13.5. The van der Waals surface area contributed by atoms with Gasteiger partial charge in [-0.15, -0.1) is 0 Å². The van der Waals surface area contributed by atoms with Crippen LogP contribution in [0.4, 0.5) is 0 Å². The first kappa shape index (κ1) is 13.7. The van der Waals surface area contributed by atoms with Crippen molar-refractivity contribution in [2.75, 3.05) is 7.11 Å². The molecule has 0 bridgehead atoms. The molecule has 0 aromatic carbocycles. The number of halogens is 1. The fourth-order valence-electron chi connectivity index (χ4n) is 1.52. The molecule has 0 aliphatic rings. The number of methoxy groups -OCH3 is 1. The molecule has 16 heavy (non-hydrogen) atoms. The van der Waals surface area contributed by atoms with Gasteiger partial charge in [-0.25, -0.2) is 4.98 Å². The summed E-state index contributed by atoms with van der Waals surface area (Å²) < 4.78 is 6.52. The first-order chi connectivity index (χ1) is 7.21. The van der Waals surface area contributed by atoms with Gasteiger partial charge in [0.05, 0.1) is 15.2 Å². The van der Waals surface area contributed by atoms with E-state index in [1.54, 1.807) is 13.3 Å². The SMILES string of the molecule is COc1nccc(Br)c1[Si](C)(C)C(C)(C)C. The molecule has 0 aliphatic heterocycles. The molecule has 1 aromatic rings. The number of hydrogen-bond acceptors (Lipinski definition) is 2. The lowest BCUT2D eigenvalue weighted by Gasteiger charge is -2.38. The first-order valence-electron chi connectivity index (χ1n) is 5.41. The molecule has 0 aliphatic carbocycles. The summed E-state index contributed by atoms with van der Waals surface area (Å²) in [6, 6.07) is 2.00. The Kier molecular flexibility index (Phi) is 3.85. The van der Waals surface area contributed by atoms with E-state index in [1.807, 2.05) is 6.07 Å². The number of ether oxygens (including phenoxy) is 1. The number of rotatable bonds is 2. The van der Waals surface area contributed by atoms with E-state index in [1.165, 1.54) is 5.19 Å². The maximum atomic E-state index is 5.40. The summed E-state index contributed by atoms with van der Waals surface area (Å²) >= 11 is 3.63. The van der Waals surface area contributed by atoms with Gasteiger partial charge in [-0.3, -0.25) is 0 Å². The molecule has 90 valence electrons. The molecular weight excluding hydrogens is 282 g/mol. The van der Waals surface area contributed by atoms with Gasteiger partial charge in [0, 0.05) is 15.9 Å². The second-order valence-electron chi connectivity index (χ2n) is 5.55. The molecule has 0 saturated carbocycles. The van der Waals surface area contributed by atoms with Crippen molar-refractivity contribution >= 4 is 29.2 Å². The zero-order chi connectivity index (χ0) is 12.6. The van der Waals surface area contributed by atoms with Crippen LogP contribution in [0.15, 0.2) is 16.7 Å². The summed E-state index contributed by atoms with van der Waals surface area (Å²) in [5, 5.41) is 1.54. The minimum Gasteiger partial charge on any atom is -0.481 e. The quantitative estimate of drug-likeness (QED) is 0.779. The third kappa shape index (κ3) is 2.32. The van der Waals surface area contributed by atoms with Crippen LogP contribution in [0.3, 0.4) is 0 Å². The van der Waals surface area contributed by atoms with Gasteiger partial charge in [0.15, 0.2) is 0 Å². The third-order valence-electron chi connectivity index (χ3n) is 3.56. The number of pyridine rings is 1. The third-order valence-corrected chi connectivity index (χ3v) is 10.1. The Bertz CT molecular complexity index is 385. The van der Waals surface area contributed by atoms with E-state index >= 15 is 0 Å². The molecule has 4 heteroatoms. The van der Waals surface area contributed by atoms with E-state index < -0.39 is 8.07 Å². The average molecular weight is 302 g/mol. The lowest BCUT2D eigenvalue weighted by Crippen LogP contribution is -2.50. The molecule has 0 spiro atoms. The maximum absolute atomic E-state index is 5.40. The topological polar surface area (TPSA) is 22.1 Å². The van der Waals surface area contributed by atoms with Gasteiger partial charge in [0.25, 0.3) is 0 Å². The van der Waals surface area contributed by atoms with Crippen LogP contribution in [0, 0.1) is 0 Å². The molecule has 1 rings (SSSR count). The number of nitrogens with zero attached hydrogens (tertiary/aromatic N) is 1. The first-order valence-corrected chi connectivity index (χ1v) is 9.20. The average Bonchev–Trinajstić information content (AvgIpc) is 2.15. The van der Waals surface area contributed by atoms with Gasteiger partial charge in [-0.1, -0.05) is 49.8 Å². The summed E-state index contributed by atoms with van der Waals surface area (Å²) in [5.74, 6) is 0.765. The largest absolute Gasteiger partial charge is 0.481 e. The highest BCUT2D eigenvalue weighted by Crippen LogP contribution is 2.38. The Balaban J connectivity index is 3.43. The van der Waals surface area contributed by atoms with Crippen molar-refractivity contribution in [1.29, 1.82) is 0 Å². The Morgan fingerprint density at radius 1 is 1.31 bits per heavy atom. The molecule has 1 aromatic heterocycles. The van der Waals surface area contributed by atoms with Crippen LogP contribution in [0.5, 0.6) is 5.88 Å². The zero-order valence-electron chi connectivity index (χ0n) is 10.9. The van der Waals surface area contributed by atoms with Crippen LogP contribution in [-0.2, 0) is 0 Å².